The van der Waals surface area contributed by atoms with E-state index in [2.05, 4.69) is 25.5 Å². The highest BCUT2D eigenvalue weighted by Crippen LogP contribution is 2.26. The van der Waals surface area contributed by atoms with Crippen molar-refractivity contribution in [1.29, 1.82) is 0 Å². The number of hydrogen-bond donors (Lipinski definition) is 3. The standard InChI is InChI=1S/C28H27N7O3/c1-38-21-10-8-18(9-11-21)17-35-26(14-25(29)36)33-34-27(35)24(32-28(37)19-5-4-12-30-15-19)13-20-16-31-23-7-3-2-6-22(20)23/h2-12,15-16,24,31H,13-14,17H2,1H3,(H2,29,36)(H,32,37). The fourth-order valence-electron chi connectivity index (χ4n) is 4.45. The molecule has 3 heterocycles. The van der Waals surface area contributed by atoms with Crippen molar-refractivity contribution >= 4 is 22.7 Å². The first-order valence-corrected chi connectivity index (χ1v) is 12.1. The van der Waals surface area contributed by atoms with Gasteiger partial charge in [-0.1, -0.05) is 30.3 Å². The van der Waals surface area contributed by atoms with Crippen molar-refractivity contribution < 1.29 is 14.3 Å². The van der Waals surface area contributed by atoms with Gasteiger partial charge in [-0.05, 0) is 41.5 Å². The molecule has 1 unspecified atom stereocenters. The van der Waals surface area contributed by atoms with Gasteiger partial charge in [-0.15, -0.1) is 10.2 Å². The maximum absolute atomic E-state index is 13.2. The summed E-state index contributed by atoms with van der Waals surface area (Å²) < 4.78 is 7.12. The fraction of sp³-hybridized carbons (Fsp3) is 0.179. The molecule has 0 aliphatic carbocycles. The second-order valence-corrected chi connectivity index (χ2v) is 8.88. The molecule has 4 N–H and O–H groups in total. The number of para-hydroxylation sites is 1. The summed E-state index contributed by atoms with van der Waals surface area (Å²) >= 11 is 0. The van der Waals surface area contributed by atoms with Crippen LogP contribution in [-0.4, -0.2) is 43.7 Å². The van der Waals surface area contributed by atoms with Gasteiger partial charge in [-0.3, -0.25) is 14.6 Å². The molecule has 38 heavy (non-hydrogen) atoms. The van der Waals surface area contributed by atoms with Gasteiger partial charge in [-0.2, -0.15) is 0 Å². The van der Waals surface area contributed by atoms with Crippen molar-refractivity contribution in [3.05, 3.63) is 108 Å². The third-order valence-electron chi connectivity index (χ3n) is 6.33. The predicted octanol–water partition coefficient (Wildman–Crippen LogP) is 2.95. The average Bonchev–Trinajstić information content (AvgIpc) is 3.52. The predicted molar refractivity (Wildman–Crippen MR) is 141 cm³/mol. The Hall–Kier alpha value is -4.99. The van der Waals surface area contributed by atoms with Crippen molar-refractivity contribution in [3.8, 4) is 5.75 Å². The molecule has 0 saturated carbocycles. The van der Waals surface area contributed by atoms with Gasteiger partial charge in [0.25, 0.3) is 5.91 Å². The third-order valence-corrected chi connectivity index (χ3v) is 6.33. The zero-order chi connectivity index (χ0) is 26.5. The number of aromatic amines is 1. The van der Waals surface area contributed by atoms with Crippen molar-refractivity contribution in [3.63, 3.8) is 0 Å². The topological polar surface area (TPSA) is 141 Å². The first-order chi connectivity index (χ1) is 18.5. The highest BCUT2D eigenvalue weighted by molar-refractivity contribution is 5.94. The van der Waals surface area contributed by atoms with Crippen LogP contribution in [0.15, 0.2) is 79.3 Å². The minimum atomic E-state index is -0.561. The van der Waals surface area contributed by atoms with Crippen LogP contribution in [0.3, 0.4) is 0 Å². The number of aromatic nitrogens is 5. The molecule has 0 spiro atoms. The molecule has 0 aliphatic heterocycles. The zero-order valence-corrected chi connectivity index (χ0v) is 20.8. The van der Waals surface area contributed by atoms with Gasteiger partial charge in [0.15, 0.2) is 5.82 Å². The van der Waals surface area contributed by atoms with Crippen LogP contribution in [0.4, 0.5) is 0 Å². The molecule has 0 saturated heterocycles. The molecule has 10 heteroatoms. The van der Waals surface area contributed by atoms with Crippen molar-refractivity contribution in [2.75, 3.05) is 7.11 Å². The molecule has 2 aromatic carbocycles. The van der Waals surface area contributed by atoms with Crippen LogP contribution < -0.4 is 15.8 Å². The van der Waals surface area contributed by atoms with Crippen LogP contribution in [0.1, 0.15) is 39.2 Å². The first-order valence-electron chi connectivity index (χ1n) is 12.1. The van der Waals surface area contributed by atoms with Gasteiger partial charge >= 0.3 is 0 Å². The van der Waals surface area contributed by atoms with Gasteiger partial charge in [-0.25, -0.2) is 0 Å². The number of hydrogen-bond acceptors (Lipinski definition) is 6. The Kier molecular flexibility index (Phi) is 7.12. The summed E-state index contributed by atoms with van der Waals surface area (Å²) in [5.74, 6) is 0.851. The fourth-order valence-corrected chi connectivity index (χ4v) is 4.45. The third kappa shape index (κ3) is 5.39. The maximum atomic E-state index is 13.2. The van der Waals surface area contributed by atoms with E-state index in [9.17, 15) is 9.59 Å². The number of methoxy groups -OCH3 is 1. The Bertz CT molecular complexity index is 1560. The number of fused-ring (bicyclic) bond motifs is 1. The lowest BCUT2D eigenvalue weighted by molar-refractivity contribution is -0.117. The lowest BCUT2D eigenvalue weighted by atomic mass is 10.0. The van der Waals surface area contributed by atoms with Crippen molar-refractivity contribution in [2.24, 2.45) is 5.73 Å². The highest BCUT2D eigenvalue weighted by atomic mass is 16.5. The van der Waals surface area contributed by atoms with Gasteiger partial charge in [0.05, 0.1) is 31.7 Å². The Morgan fingerprint density at radius 3 is 2.63 bits per heavy atom. The molecule has 3 aromatic heterocycles. The van der Waals surface area contributed by atoms with E-state index < -0.39 is 11.9 Å². The lowest BCUT2D eigenvalue weighted by Crippen LogP contribution is -2.32. The number of nitrogens with one attached hydrogen (secondary N) is 2. The number of benzene rings is 2. The summed E-state index contributed by atoms with van der Waals surface area (Å²) in [4.78, 5) is 32.4. The van der Waals surface area contributed by atoms with Crippen molar-refractivity contribution in [2.45, 2.75) is 25.4 Å². The maximum Gasteiger partial charge on any atom is 0.253 e. The van der Waals surface area contributed by atoms with E-state index in [1.807, 2.05) is 59.3 Å². The molecule has 0 aliphatic rings. The molecule has 10 nitrogen and oxygen atoms in total. The number of primary amides is 1. The molecule has 192 valence electrons. The molecule has 2 amide bonds. The number of H-pyrrole nitrogens is 1. The molecule has 5 aromatic rings. The minimum Gasteiger partial charge on any atom is -0.497 e. The van der Waals surface area contributed by atoms with Gasteiger partial charge in [0.1, 0.15) is 11.6 Å². The summed E-state index contributed by atoms with van der Waals surface area (Å²) in [6.45, 7) is 0.377. The number of pyridine rings is 1. The largest absolute Gasteiger partial charge is 0.497 e. The Morgan fingerprint density at radius 2 is 1.89 bits per heavy atom. The van der Waals surface area contributed by atoms with E-state index in [1.54, 1.807) is 25.4 Å². The van der Waals surface area contributed by atoms with E-state index in [-0.39, 0.29) is 12.3 Å². The molecule has 0 radical (unpaired) electrons. The summed E-state index contributed by atoms with van der Waals surface area (Å²) in [5, 5.41) is 12.9. The van der Waals surface area contributed by atoms with Crippen LogP contribution >= 0.6 is 0 Å². The van der Waals surface area contributed by atoms with E-state index in [0.29, 0.717) is 30.2 Å². The summed E-state index contributed by atoms with van der Waals surface area (Å²) in [6, 6.07) is 18.4. The molecule has 0 fully saturated rings. The molecular formula is C28H27N7O3. The summed E-state index contributed by atoms with van der Waals surface area (Å²) in [6.07, 6.45) is 5.41. The van der Waals surface area contributed by atoms with E-state index in [4.69, 9.17) is 10.5 Å². The van der Waals surface area contributed by atoms with Gasteiger partial charge in [0.2, 0.25) is 5.91 Å². The smallest absolute Gasteiger partial charge is 0.253 e. The van der Waals surface area contributed by atoms with Crippen LogP contribution in [0.5, 0.6) is 5.75 Å². The van der Waals surface area contributed by atoms with E-state index in [1.165, 1.54) is 6.20 Å². The quantitative estimate of drug-likeness (QED) is 0.264. The number of rotatable bonds is 10. The number of carbonyl (C=O) groups is 2. The van der Waals surface area contributed by atoms with Crippen LogP contribution in [0.2, 0.25) is 0 Å². The molecular weight excluding hydrogens is 482 g/mol. The first kappa shape index (κ1) is 24.7. The van der Waals surface area contributed by atoms with E-state index in [0.717, 1.165) is 27.8 Å². The number of ether oxygens (including phenoxy) is 1. The SMILES string of the molecule is COc1ccc(Cn2c(CC(N)=O)nnc2C(Cc2c[nH]c3ccccc23)NC(=O)c2cccnc2)cc1. The van der Waals surface area contributed by atoms with E-state index >= 15 is 0 Å². The average molecular weight is 510 g/mol. The normalized spacial score (nSPS) is 11.8. The zero-order valence-electron chi connectivity index (χ0n) is 20.8. The Balaban J connectivity index is 1.55. The molecule has 0 bridgehead atoms. The van der Waals surface area contributed by atoms with Gasteiger partial charge in [0, 0.05) is 35.9 Å². The lowest BCUT2D eigenvalue weighted by Gasteiger charge is -2.20. The van der Waals surface area contributed by atoms with Crippen LogP contribution in [0.25, 0.3) is 10.9 Å². The van der Waals surface area contributed by atoms with Crippen LogP contribution in [0, 0.1) is 0 Å². The minimum absolute atomic E-state index is 0.0838. The Labute approximate surface area is 218 Å². The van der Waals surface area contributed by atoms with Crippen LogP contribution in [-0.2, 0) is 24.2 Å². The second kappa shape index (κ2) is 11.0. The van der Waals surface area contributed by atoms with Gasteiger partial charge < -0.3 is 25.3 Å². The second-order valence-electron chi connectivity index (χ2n) is 8.88. The number of amides is 2. The monoisotopic (exact) mass is 509 g/mol. The molecule has 5 rings (SSSR count). The summed E-state index contributed by atoms with van der Waals surface area (Å²) in [5.41, 5.74) is 8.89. The highest BCUT2D eigenvalue weighted by Gasteiger charge is 2.26. The Morgan fingerprint density at radius 1 is 1.08 bits per heavy atom. The van der Waals surface area contributed by atoms with Crippen molar-refractivity contribution in [1.82, 2.24) is 30.0 Å². The number of carbonyl (C=O) groups excluding carboxylic acids is 2. The summed E-state index contributed by atoms with van der Waals surface area (Å²) in [7, 11) is 1.61. The number of nitrogens with zero attached hydrogens (tertiary/aromatic N) is 4. The molecule has 1 atom stereocenters. The number of nitrogens with two attached hydrogens (primary N) is 1.